The number of rotatable bonds is 5. The summed E-state index contributed by atoms with van der Waals surface area (Å²) in [6.45, 7) is 0. The van der Waals surface area contributed by atoms with Gasteiger partial charge < -0.3 is 5.32 Å². The molecule has 1 aliphatic carbocycles. The number of nitriles is 1. The molecule has 0 saturated carbocycles. The van der Waals surface area contributed by atoms with Crippen molar-refractivity contribution in [2.75, 3.05) is 11.6 Å². The van der Waals surface area contributed by atoms with Crippen LogP contribution in [0.5, 0.6) is 0 Å². The lowest BCUT2D eigenvalue weighted by molar-refractivity contribution is 0.104. The Kier molecular flexibility index (Phi) is 5.59. The van der Waals surface area contributed by atoms with Crippen LogP contribution in [-0.4, -0.2) is 17.0 Å². The second kappa shape index (κ2) is 7.87. The molecule has 0 saturated heterocycles. The van der Waals surface area contributed by atoms with Crippen LogP contribution in [0.2, 0.25) is 5.02 Å². The first-order valence-corrected chi connectivity index (χ1v) is 9.95. The van der Waals surface area contributed by atoms with Crippen LogP contribution < -0.4 is 5.32 Å². The van der Waals surface area contributed by atoms with E-state index >= 15 is 0 Å². The van der Waals surface area contributed by atoms with Gasteiger partial charge in [0.05, 0.1) is 14.1 Å². The monoisotopic (exact) mass is 387 g/mol. The highest BCUT2D eigenvalue weighted by Crippen LogP contribution is 2.39. The zero-order valence-electron chi connectivity index (χ0n) is 13.4. The number of thiophene rings is 1. The lowest BCUT2D eigenvalue weighted by Gasteiger charge is -2.08. The van der Waals surface area contributed by atoms with E-state index in [1.165, 1.54) is 23.7 Å². The third-order valence-electron chi connectivity index (χ3n) is 3.71. The fraction of sp³-hybridized carbons (Fsp3) is 0.167. The number of halogens is 1. The fourth-order valence-corrected chi connectivity index (χ4v) is 4.64. The predicted octanol–water partition coefficient (Wildman–Crippen LogP) is 5.18. The third-order valence-corrected chi connectivity index (χ3v) is 6.31. The minimum Gasteiger partial charge on any atom is -0.345 e. The quantitative estimate of drug-likeness (QED) is 0.331. The van der Waals surface area contributed by atoms with Gasteiger partial charge in [-0.05, 0) is 36.8 Å². The Morgan fingerprint density at radius 2 is 2.36 bits per heavy atom. The molecular formula is C18H14ClN3OS2. The van der Waals surface area contributed by atoms with Crippen LogP contribution in [0.25, 0.3) is 6.08 Å². The molecule has 2 aromatic heterocycles. The minimum absolute atomic E-state index is 0.0583. The zero-order chi connectivity index (χ0) is 17.8. The zero-order valence-corrected chi connectivity index (χ0v) is 15.8. The molecule has 3 rings (SSSR count). The molecule has 0 radical (unpaired) electrons. The second-order valence-corrected chi connectivity index (χ2v) is 7.79. The maximum absolute atomic E-state index is 12.9. The van der Waals surface area contributed by atoms with Gasteiger partial charge >= 0.3 is 0 Å². The first-order chi connectivity index (χ1) is 12.1. The first kappa shape index (κ1) is 17.7. The summed E-state index contributed by atoms with van der Waals surface area (Å²) in [5.74, 6) is 0.270. The first-order valence-electron chi connectivity index (χ1n) is 7.53. The maximum atomic E-state index is 12.9. The number of fused-ring (bicyclic) bond motifs is 1. The van der Waals surface area contributed by atoms with E-state index in [1.807, 2.05) is 12.3 Å². The highest BCUT2D eigenvalue weighted by Gasteiger charge is 2.24. The molecule has 2 heterocycles. The number of hydrogen-bond donors (Lipinski definition) is 1. The lowest BCUT2D eigenvalue weighted by Crippen LogP contribution is -2.06. The molecule has 0 unspecified atom stereocenters. The molecule has 0 atom stereocenters. The average molecular weight is 388 g/mol. The number of nitrogens with zero attached hydrogens (tertiary/aromatic N) is 2. The van der Waals surface area contributed by atoms with Crippen molar-refractivity contribution in [2.45, 2.75) is 17.1 Å². The number of thioether (sulfide) groups is 1. The van der Waals surface area contributed by atoms with Crippen molar-refractivity contribution in [3.05, 3.63) is 57.2 Å². The Morgan fingerprint density at radius 1 is 1.52 bits per heavy atom. The standard InChI is InChI=1S/C18H14ClN3OS2/c1-24-18-14-5-3-2-4-13(14)17(25-18)16(23)11(8-20)9-21-15-7-6-12(19)10-22-15/h3,5-7,9-10H,2,4H2,1H3,(H,21,22). The van der Waals surface area contributed by atoms with Gasteiger partial charge in [0.2, 0.25) is 5.78 Å². The van der Waals surface area contributed by atoms with E-state index in [4.69, 9.17) is 11.6 Å². The molecule has 4 nitrogen and oxygen atoms in total. The van der Waals surface area contributed by atoms with Crippen LogP contribution in [0.15, 0.2) is 40.4 Å². The minimum atomic E-state index is -0.249. The van der Waals surface area contributed by atoms with Crippen molar-refractivity contribution < 1.29 is 4.79 Å². The number of anilines is 1. The summed E-state index contributed by atoms with van der Waals surface area (Å²) < 4.78 is 1.11. The SMILES string of the molecule is CSc1sc(C(=O)C(C#N)=CNc2ccc(Cl)cn2)c2c1C=CCC2. The van der Waals surface area contributed by atoms with Crippen molar-refractivity contribution >= 4 is 52.4 Å². The number of aromatic nitrogens is 1. The summed E-state index contributed by atoms with van der Waals surface area (Å²) in [5.41, 5.74) is 2.23. The van der Waals surface area contributed by atoms with Gasteiger partial charge in [-0.2, -0.15) is 5.26 Å². The van der Waals surface area contributed by atoms with Crippen LogP contribution in [0.4, 0.5) is 5.82 Å². The number of carbonyl (C=O) groups excluding carboxylic acids is 1. The summed E-state index contributed by atoms with van der Waals surface area (Å²) in [4.78, 5) is 17.6. The van der Waals surface area contributed by atoms with Crippen LogP contribution >= 0.6 is 34.7 Å². The topological polar surface area (TPSA) is 65.8 Å². The summed E-state index contributed by atoms with van der Waals surface area (Å²) in [6.07, 6.45) is 10.8. The number of allylic oxidation sites excluding steroid dienone is 2. The van der Waals surface area contributed by atoms with E-state index in [0.717, 1.165) is 28.2 Å². The Balaban J connectivity index is 1.89. The fourth-order valence-electron chi connectivity index (χ4n) is 2.51. The largest absolute Gasteiger partial charge is 0.345 e. The van der Waals surface area contributed by atoms with Crippen LogP contribution in [0.1, 0.15) is 27.2 Å². The van der Waals surface area contributed by atoms with E-state index < -0.39 is 0 Å². The Labute approximate surface area is 159 Å². The Bertz CT molecular complexity index is 908. The molecule has 0 spiro atoms. The van der Waals surface area contributed by atoms with Crippen molar-refractivity contribution in [3.8, 4) is 6.07 Å². The number of ketones is 1. The molecule has 0 aliphatic heterocycles. The van der Waals surface area contributed by atoms with E-state index in [1.54, 1.807) is 23.9 Å². The molecule has 0 fully saturated rings. The summed E-state index contributed by atoms with van der Waals surface area (Å²) in [6, 6.07) is 5.36. The van der Waals surface area contributed by atoms with Crippen molar-refractivity contribution in [3.63, 3.8) is 0 Å². The summed E-state index contributed by atoms with van der Waals surface area (Å²) >= 11 is 8.88. The van der Waals surface area contributed by atoms with Crippen molar-refractivity contribution in [1.82, 2.24) is 4.98 Å². The van der Waals surface area contributed by atoms with E-state index in [-0.39, 0.29) is 11.4 Å². The van der Waals surface area contributed by atoms with Gasteiger partial charge in [-0.25, -0.2) is 4.98 Å². The lowest BCUT2D eigenvalue weighted by atomic mass is 9.97. The molecule has 1 aliphatic rings. The number of nitrogens with one attached hydrogen (secondary N) is 1. The number of hydrogen-bond acceptors (Lipinski definition) is 6. The number of pyridine rings is 1. The van der Waals surface area contributed by atoms with E-state index in [9.17, 15) is 10.1 Å². The molecule has 2 aromatic rings. The normalized spacial score (nSPS) is 13.2. The van der Waals surface area contributed by atoms with Crippen LogP contribution in [0.3, 0.4) is 0 Å². The van der Waals surface area contributed by atoms with Crippen LogP contribution in [0, 0.1) is 11.3 Å². The molecule has 7 heteroatoms. The van der Waals surface area contributed by atoms with Gasteiger partial charge in [-0.1, -0.05) is 23.8 Å². The predicted molar refractivity (Wildman–Crippen MR) is 104 cm³/mol. The smallest absolute Gasteiger partial charge is 0.215 e. The molecule has 0 amide bonds. The molecule has 0 aromatic carbocycles. The number of carbonyl (C=O) groups is 1. The molecule has 25 heavy (non-hydrogen) atoms. The Hall–Kier alpha value is -2.07. The molecule has 1 N–H and O–H groups in total. The van der Waals surface area contributed by atoms with Crippen molar-refractivity contribution in [2.24, 2.45) is 0 Å². The average Bonchev–Trinajstić information content (AvgIpc) is 3.02. The van der Waals surface area contributed by atoms with E-state index in [0.29, 0.717) is 15.7 Å². The summed E-state index contributed by atoms with van der Waals surface area (Å²) in [7, 11) is 0. The van der Waals surface area contributed by atoms with E-state index in [2.05, 4.69) is 22.5 Å². The molecule has 0 bridgehead atoms. The van der Waals surface area contributed by atoms with Gasteiger partial charge in [0.1, 0.15) is 17.5 Å². The molecular weight excluding hydrogens is 374 g/mol. The van der Waals surface area contributed by atoms with Gasteiger partial charge in [0.25, 0.3) is 0 Å². The van der Waals surface area contributed by atoms with Gasteiger partial charge in [0.15, 0.2) is 0 Å². The maximum Gasteiger partial charge on any atom is 0.215 e. The highest BCUT2D eigenvalue weighted by molar-refractivity contribution is 8.00. The van der Waals surface area contributed by atoms with Crippen LogP contribution in [-0.2, 0) is 6.42 Å². The highest BCUT2D eigenvalue weighted by atomic mass is 35.5. The summed E-state index contributed by atoms with van der Waals surface area (Å²) in [5, 5.41) is 12.8. The third kappa shape index (κ3) is 3.79. The second-order valence-electron chi connectivity index (χ2n) is 5.26. The Morgan fingerprint density at radius 3 is 3.04 bits per heavy atom. The molecule has 126 valence electrons. The number of Topliss-reactive ketones (excluding diaryl/α,β-unsaturated/α-hetero) is 1. The van der Waals surface area contributed by atoms with Gasteiger partial charge in [0, 0.05) is 18.0 Å². The van der Waals surface area contributed by atoms with Gasteiger partial charge in [-0.15, -0.1) is 23.1 Å². The van der Waals surface area contributed by atoms with Crippen molar-refractivity contribution in [1.29, 1.82) is 5.26 Å². The van der Waals surface area contributed by atoms with Gasteiger partial charge in [-0.3, -0.25) is 4.79 Å².